The summed E-state index contributed by atoms with van der Waals surface area (Å²) < 4.78 is 1.59. The summed E-state index contributed by atoms with van der Waals surface area (Å²) in [6.45, 7) is -0.328. The summed E-state index contributed by atoms with van der Waals surface area (Å²) in [5.74, 6) is -1.85. The first-order valence-corrected chi connectivity index (χ1v) is 4.84. The van der Waals surface area contributed by atoms with Crippen molar-refractivity contribution in [2.24, 2.45) is 7.05 Å². The van der Waals surface area contributed by atoms with Crippen molar-refractivity contribution in [1.29, 1.82) is 0 Å². The van der Waals surface area contributed by atoms with Gasteiger partial charge in [0.15, 0.2) is 6.10 Å². The molecule has 1 unspecified atom stereocenters. The number of carbonyl (C=O) groups is 2. The van der Waals surface area contributed by atoms with Gasteiger partial charge in [-0.3, -0.25) is 9.48 Å². The van der Waals surface area contributed by atoms with Crippen LogP contribution in [0.25, 0.3) is 6.08 Å². The molecule has 0 aliphatic carbocycles. The number of aryl methyl sites for hydroxylation is 1. The molecular weight excluding hydrogens is 226 g/mol. The van der Waals surface area contributed by atoms with Gasteiger partial charge in [0.25, 0.3) is 0 Å². The number of hydrogen-bond acceptors (Lipinski definition) is 4. The highest BCUT2D eigenvalue weighted by atomic mass is 16.4. The minimum Gasteiger partial charge on any atom is -0.479 e. The second kappa shape index (κ2) is 5.80. The second-order valence-electron chi connectivity index (χ2n) is 3.38. The van der Waals surface area contributed by atoms with Gasteiger partial charge in [0.2, 0.25) is 5.91 Å². The number of carboxylic acid groups (broad SMARTS) is 1. The summed E-state index contributed by atoms with van der Waals surface area (Å²) >= 11 is 0. The molecule has 92 valence electrons. The maximum Gasteiger partial charge on any atom is 0.334 e. The number of aliphatic hydroxyl groups is 1. The zero-order chi connectivity index (χ0) is 12.8. The summed E-state index contributed by atoms with van der Waals surface area (Å²) in [7, 11) is 1.75. The van der Waals surface area contributed by atoms with Crippen molar-refractivity contribution in [3.63, 3.8) is 0 Å². The van der Waals surface area contributed by atoms with Gasteiger partial charge in [-0.1, -0.05) is 0 Å². The van der Waals surface area contributed by atoms with E-state index in [1.54, 1.807) is 24.1 Å². The largest absolute Gasteiger partial charge is 0.479 e. The van der Waals surface area contributed by atoms with E-state index in [1.165, 1.54) is 12.2 Å². The first-order chi connectivity index (χ1) is 7.99. The van der Waals surface area contributed by atoms with Crippen molar-refractivity contribution >= 4 is 18.0 Å². The molecular formula is C10H13N3O4. The van der Waals surface area contributed by atoms with E-state index in [0.717, 1.165) is 5.56 Å². The van der Waals surface area contributed by atoms with Gasteiger partial charge >= 0.3 is 5.97 Å². The van der Waals surface area contributed by atoms with E-state index in [4.69, 9.17) is 10.2 Å². The van der Waals surface area contributed by atoms with Crippen LogP contribution in [0.5, 0.6) is 0 Å². The zero-order valence-electron chi connectivity index (χ0n) is 9.20. The van der Waals surface area contributed by atoms with Gasteiger partial charge < -0.3 is 15.5 Å². The van der Waals surface area contributed by atoms with Crippen LogP contribution in [0.2, 0.25) is 0 Å². The van der Waals surface area contributed by atoms with Crippen molar-refractivity contribution in [2.75, 3.05) is 6.54 Å². The number of rotatable bonds is 5. The zero-order valence-corrected chi connectivity index (χ0v) is 9.20. The van der Waals surface area contributed by atoms with Crippen molar-refractivity contribution < 1.29 is 19.8 Å². The fourth-order valence-electron chi connectivity index (χ4n) is 1.04. The predicted molar refractivity (Wildman–Crippen MR) is 58.9 cm³/mol. The Balaban J connectivity index is 2.39. The number of aliphatic hydroxyl groups excluding tert-OH is 1. The van der Waals surface area contributed by atoms with Crippen LogP contribution in [-0.4, -0.2) is 44.5 Å². The summed E-state index contributed by atoms with van der Waals surface area (Å²) in [6, 6.07) is 0. The summed E-state index contributed by atoms with van der Waals surface area (Å²) in [5.41, 5.74) is 0.751. The van der Waals surface area contributed by atoms with Crippen LogP contribution in [0, 0.1) is 0 Å². The molecule has 0 aliphatic rings. The first-order valence-electron chi connectivity index (χ1n) is 4.84. The molecule has 7 nitrogen and oxygen atoms in total. The lowest BCUT2D eigenvalue weighted by atomic mass is 10.3. The van der Waals surface area contributed by atoms with Crippen molar-refractivity contribution in [3.8, 4) is 0 Å². The third-order valence-electron chi connectivity index (χ3n) is 1.91. The van der Waals surface area contributed by atoms with Gasteiger partial charge in [-0.25, -0.2) is 4.79 Å². The topological polar surface area (TPSA) is 104 Å². The van der Waals surface area contributed by atoms with Gasteiger partial charge in [0.05, 0.1) is 12.7 Å². The number of carbonyl (C=O) groups excluding carboxylic acids is 1. The molecule has 1 atom stereocenters. The van der Waals surface area contributed by atoms with Crippen LogP contribution in [0.4, 0.5) is 0 Å². The summed E-state index contributed by atoms with van der Waals surface area (Å²) in [4.78, 5) is 21.5. The van der Waals surface area contributed by atoms with Crippen molar-refractivity contribution in [3.05, 3.63) is 24.0 Å². The van der Waals surface area contributed by atoms with Crippen LogP contribution in [0.1, 0.15) is 5.56 Å². The Kier molecular flexibility index (Phi) is 4.41. The molecule has 0 saturated heterocycles. The van der Waals surface area contributed by atoms with E-state index in [0.29, 0.717) is 0 Å². The number of hydrogen-bond donors (Lipinski definition) is 3. The molecule has 0 bridgehead atoms. The lowest BCUT2D eigenvalue weighted by Gasteiger charge is -2.04. The molecule has 1 aromatic rings. The van der Waals surface area contributed by atoms with E-state index in [1.807, 2.05) is 0 Å². The number of nitrogens with one attached hydrogen (secondary N) is 1. The highest BCUT2D eigenvalue weighted by molar-refractivity contribution is 5.91. The Morgan fingerprint density at radius 3 is 2.88 bits per heavy atom. The number of carboxylic acids is 1. The molecule has 1 heterocycles. The summed E-state index contributed by atoms with van der Waals surface area (Å²) in [6.07, 6.45) is 4.48. The van der Waals surface area contributed by atoms with Gasteiger partial charge in [-0.2, -0.15) is 5.10 Å². The molecule has 7 heteroatoms. The number of nitrogens with zero attached hydrogens (tertiary/aromatic N) is 2. The van der Waals surface area contributed by atoms with Crippen LogP contribution < -0.4 is 5.32 Å². The number of amides is 1. The van der Waals surface area contributed by atoms with E-state index in [-0.39, 0.29) is 6.54 Å². The van der Waals surface area contributed by atoms with Crippen LogP contribution >= 0.6 is 0 Å². The fourth-order valence-corrected chi connectivity index (χ4v) is 1.04. The molecule has 0 saturated carbocycles. The molecule has 0 fully saturated rings. The lowest BCUT2D eigenvalue weighted by Crippen LogP contribution is -2.35. The molecule has 1 amide bonds. The van der Waals surface area contributed by atoms with Gasteiger partial charge in [0.1, 0.15) is 0 Å². The smallest absolute Gasteiger partial charge is 0.334 e. The molecule has 0 spiro atoms. The number of aromatic nitrogens is 2. The Labute approximate surface area is 97.4 Å². The highest BCUT2D eigenvalue weighted by Gasteiger charge is 2.12. The van der Waals surface area contributed by atoms with Crippen molar-refractivity contribution in [2.45, 2.75) is 6.10 Å². The SMILES string of the molecule is Cn1cc(C=CC(=O)NCC(O)C(=O)O)cn1. The molecule has 0 radical (unpaired) electrons. The second-order valence-corrected chi connectivity index (χ2v) is 3.38. The normalized spacial score (nSPS) is 12.6. The van der Waals surface area contributed by atoms with E-state index >= 15 is 0 Å². The molecule has 0 aromatic carbocycles. The van der Waals surface area contributed by atoms with Crippen molar-refractivity contribution in [1.82, 2.24) is 15.1 Å². The molecule has 0 aliphatic heterocycles. The standard InChI is InChI=1S/C10H13N3O4/c1-13-6-7(4-12-13)2-3-9(15)11-5-8(14)10(16)17/h2-4,6,8,14H,5H2,1H3,(H,11,15)(H,16,17). The first kappa shape index (κ1) is 12.9. The van der Waals surface area contributed by atoms with Gasteiger partial charge in [-0.15, -0.1) is 0 Å². The average Bonchev–Trinajstić information content (AvgIpc) is 2.69. The van der Waals surface area contributed by atoms with E-state index in [2.05, 4.69) is 10.4 Å². The Morgan fingerprint density at radius 2 is 2.35 bits per heavy atom. The Morgan fingerprint density at radius 1 is 1.65 bits per heavy atom. The maximum absolute atomic E-state index is 11.2. The Hall–Kier alpha value is -2.15. The van der Waals surface area contributed by atoms with Gasteiger partial charge in [0, 0.05) is 24.9 Å². The predicted octanol–water partition coefficient (Wildman–Crippen LogP) is -1.00. The third-order valence-corrected chi connectivity index (χ3v) is 1.91. The molecule has 17 heavy (non-hydrogen) atoms. The van der Waals surface area contributed by atoms with Crippen LogP contribution in [0.3, 0.4) is 0 Å². The quantitative estimate of drug-likeness (QED) is 0.571. The summed E-state index contributed by atoms with van der Waals surface area (Å²) in [5, 5.41) is 23.5. The third kappa shape index (κ3) is 4.47. The number of aliphatic carboxylic acids is 1. The Bertz CT molecular complexity index is 439. The van der Waals surface area contributed by atoms with Gasteiger partial charge in [-0.05, 0) is 6.08 Å². The lowest BCUT2D eigenvalue weighted by molar-refractivity contribution is -0.146. The minimum absolute atomic E-state index is 0.328. The van der Waals surface area contributed by atoms with E-state index < -0.39 is 18.0 Å². The minimum atomic E-state index is -1.59. The molecule has 1 aromatic heterocycles. The molecule has 1 rings (SSSR count). The maximum atomic E-state index is 11.2. The van der Waals surface area contributed by atoms with Crippen LogP contribution in [0.15, 0.2) is 18.5 Å². The fraction of sp³-hybridized carbons (Fsp3) is 0.300. The average molecular weight is 239 g/mol. The molecule has 3 N–H and O–H groups in total. The highest BCUT2D eigenvalue weighted by Crippen LogP contribution is 1.98. The van der Waals surface area contributed by atoms with Crippen LogP contribution in [-0.2, 0) is 16.6 Å². The van der Waals surface area contributed by atoms with E-state index in [9.17, 15) is 9.59 Å². The monoisotopic (exact) mass is 239 g/mol.